The van der Waals surface area contributed by atoms with Crippen LogP contribution in [-0.2, 0) is 6.54 Å². The molecule has 0 aromatic heterocycles. The molecule has 140 valence electrons. The minimum Gasteiger partial charge on any atom is -0.491 e. The molecule has 0 radical (unpaired) electrons. The zero-order valence-electron chi connectivity index (χ0n) is 15.9. The molecule has 1 saturated heterocycles. The summed E-state index contributed by atoms with van der Waals surface area (Å²) in [5.41, 5.74) is 2.27. The van der Waals surface area contributed by atoms with E-state index < -0.39 is 0 Å². The van der Waals surface area contributed by atoms with Crippen molar-refractivity contribution in [3.63, 3.8) is 0 Å². The third-order valence-electron chi connectivity index (χ3n) is 4.63. The first-order valence-electron chi connectivity index (χ1n) is 9.33. The maximum atomic E-state index is 12.7. The molecule has 0 bridgehead atoms. The molecule has 0 atom stereocenters. The Hall–Kier alpha value is -2.84. The molecule has 2 aromatic carbocycles. The fraction of sp³-hybridized carbons (Fsp3) is 0.364. The fourth-order valence-electron chi connectivity index (χ4n) is 3.26. The quantitative estimate of drug-likeness (QED) is 0.818. The van der Waals surface area contributed by atoms with E-state index in [4.69, 9.17) is 10.00 Å². The van der Waals surface area contributed by atoms with Crippen molar-refractivity contribution in [3.05, 3.63) is 65.2 Å². The third kappa shape index (κ3) is 4.87. The fourth-order valence-corrected chi connectivity index (χ4v) is 3.26. The van der Waals surface area contributed by atoms with Gasteiger partial charge in [-0.1, -0.05) is 24.3 Å². The van der Waals surface area contributed by atoms with Gasteiger partial charge in [0.1, 0.15) is 5.75 Å². The summed E-state index contributed by atoms with van der Waals surface area (Å²) >= 11 is 0. The number of nitrogens with zero attached hydrogens (tertiary/aromatic N) is 3. The molecule has 0 unspecified atom stereocenters. The van der Waals surface area contributed by atoms with E-state index in [9.17, 15) is 4.79 Å². The number of rotatable bonds is 5. The van der Waals surface area contributed by atoms with Crippen molar-refractivity contribution in [3.8, 4) is 11.8 Å². The molecule has 5 nitrogen and oxygen atoms in total. The highest BCUT2D eigenvalue weighted by Crippen LogP contribution is 2.22. The smallest absolute Gasteiger partial charge is 0.253 e. The molecule has 0 N–H and O–H groups in total. The number of carbonyl (C=O) groups excluding carboxylic acids is 1. The van der Waals surface area contributed by atoms with Crippen LogP contribution in [0.5, 0.6) is 5.75 Å². The van der Waals surface area contributed by atoms with Crippen molar-refractivity contribution in [2.75, 3.05) is 26.2 Å². The molecule has 1 fully saturated rings. The number of para-hydroxylation sites is 1. The standard InChI is InChI=1S/C22H25N3O2/c1-17(2)27-21-9-4-3-7-20(21)16-24-10-12-25(13-11-24)22(26)19-8-5-6-18(14-19)15-23/h3-9,14,17H,10-13,16H2,1-2H3. The van der Waals surface area contributed by atoms with Crippen LogP contribution < -0.4 is 4.74 Å². The van der Waals surface area contributed by atoms with Gasteiger partial charge in [0.2, 0.25) is 0 Å². The predicted molar refractivity (Wildman–Crippen MR) is 105 cm³/mol. The lowest BCUT2D eigenvalue weighted by atomic mass is 10.1. The summed E-state index contributed by atoms with van der Waals surface area (Å²) in [6.45, 7) is 7.88. The van der Waals surface area contributed by atoms with Crippen LogP contribution in [0.2, 0.25) is 0 Å². The summed E-state index contributed by atoms with van der Waals surface area (Å²) < 4.78 is 5.91. The molecule has 0 aliphatic carbocycles. The van der Waals surface area contributed by atoms with E-state index in [1.54, 1.807) is 24.3 Å². The van der Waals surface area contributed by atoms with Crippen LogP contribution >= 0.6 is 0 Å². The highest BCUT2D eigenvalue weighted by Gasteiger charge is 2.23. The second-order valence-electron chi connectivity index (χ2n) is 7.04. The number of hydrogen-bond acceptors (Lipinski definition) is 4. The molecule has 1 aliphatic heterocycles. The van der Waals surface area contributed by atoms with Gasteiger partial charge >= 0.3 is 0 Å². The first kappa shape index (κ1) is 18.9. The number of amides is 1. The van der Waals surface area contributed by atoms with Gasteiger partial charge in [0, 0.05) is 43.9 Å². The topological polar surface area (TPSA) is 56.6 Å². The number of piperazine rings is 1. The van der Waals surface area contributed by atoms with Crippen molar-refractivity contribution in [2.45, 2.75) is 26.5 Å². The molecule has 0 saturated carbocycles. The Morgan fingerprint density at radius 1 is 1.11 bits per heavy atom. The maximum Gasteiger partial charge on any atom is 0.253 e. The first-order valence-corrected chi connectivity index (χ1v) is 9.33. The molecule has 1 heterocycles. The summed E-state index contributed by atoms with van der Waals surface area (Å²) in [5, 5.41) is 9.01. The predicted octanol–water partition coefficient (Wildman–Crippen LogP) is 3.30. The molecule has 5 heteroatoms. The zero-order chi connectivity index (χ0) is 19.2. The monoisotopic (exact) mass is 363 g/mol. The van der Waals surface area contributed by atoms with E-state index in [2.05, 4.69) is 17.0 Å². The van der Waals surface area contributed by atoms with Crippen LogP contribution in [0, 0.1) is 11.3 Å². The Kier molecular flexibility index (Phi) is 6.10. The summed E-state index contributed by atoms with van der Waals surface area (Å²) in [6.07, 6.45) is 0.143. The Balaban J connectivity index is 1.59. The Bertz CT molecular complexity index is 833. The molecular weight excluding hydrogens is 338 g/mol. The van der Waals surface area contributed by atoms with Crippen LogP contribution in [0.1, 0.15) is 35.3 Å². The lowest BCUT2D eigenvalue weighted by Gasteiger charge is -2.35. The summed E-state index contributed by atoms with van der Waals surface area (Å²) in [5.74, 6) is 0.926. The molecule has 1 amide bonds. The van der Waals surface area contributed by atoms with Crippen molar-refractivity contribution in [1.82, 2.24) is 9.80 Å². The van der Waals surface area contributed by atoms with Crippen LogP contribution in [0.15, 0.2) is 48.5 Å². The second kappa shape index (κ2) is 8.70. The normalized spacial score (nSPS) is 14.8. The molecule has 3 rings (SSSR count). The Morgan fingerprint density at radius 2 is 1.85 bits per heavy atom. The molecule has 0 spiro atoms. The highest BCUT2D eigenvalue weighted by atomic mass is 16.5. The second-order valence-corrected chi connectivity index (χ2v) is 7.04. The van der Waals surface area contributed by atoms with E-state index in [1.165, 1.54) is 5.56 Å². The van der Waals surface area contributed by atoms with Gasteiger partial charge in [-0.15, -0.1) is 0 Å². The van der Waals surface area contributed by atoms with Gasteiger partial charge in [0.05, 0.1) is 17.7 Å². The zero-order valence-corrected chi connectivity index (χ0v) is 15.9. The highest BCUT2D eigenvalue weighted by molar-refractivity contribution is 5.94. The molecule has 27 heavy (non-hydrogen) atoms. The third-order valence-corrected chi connectivity index (χ3v) is 4.63. The average molecular weight is 363 g/mol. The van der Waals surface area contributed by atoms with Gasteiger partial charge in [-0.2, -0.15) is 5.26 Å². The van der Waals surface area contributed by atoms with Gasteiger partial charge in [0.25, 0.3) is 5.91 Å². The lowest BCUT2D eigenvalue weighted by Crippen LogP contribution is -2.48. The number of carbonyl (C=O) groups is 1. The number of ether oxygens (including phenoxy) is 1. The van der Waals surface area contributed by atoms with Crippen molar-refractivity contribution >= 4 is 5.91 Å². The summed E-state index contributed by atoms with van der Waals surface area (Å²) in [7, 11) is 0. The first-order chi connectivity index (χ1) is 13.1. The van der Waals surface area contributed by atoms with E-state index in [-0.39, 0.29) is 12.0 Å². The van der Waals surface area contributed by atoms with Gasteiger partial charge in [-0.25, -0.2) is 0 Å². The Morgan fingerprint density at radius 3 is 2.56 bits per heavy atom. The Labute approximate surface area is 160 Å². The molecular formula is C22H25N3O2. The van der Waals surface area contributed by atoms with E-state index in [0.717, 1.165) is 25.4 Å². The van der Waals surface area contributed by atoms with Crippen LogP contribution in [0.25, 0.3) is 0 Å². The average Bonchev–Trinajstić information content (AvgIpc) is 2.69. The largest absolute Gasteiger partial charge is 0.491 e. The lowest BCUT2D eigenvalue weighted by molar-refractivity contribution is 0.0626. The van der Waals surface area contributed by atoms with Crippen LogP contribution in [0.4, 0.5) is 0 Å². The van der Waals surface area contributed by atoms with E-state index in [1.807, 2.05) is 36.9 Å². The maximum absolute atomic E-state index is 12.7. The van der Waals surface area contributed by atoms with Crippen LogP contribution in [-0.4, -0.2) is 48.0 Å². The van der Waals surface area contributed by atoms with Crippen LogP contribution in [0.3, 0.4) is 0 Å². The van der Waals surface area contributed by atoms with Gasteiger partial charge < -0.3 is 9.64 Å². The SMILES string of the molecule is CC(C)Oc1ccccc1CN1CCN(C(=O)c2cccc(C#N)c2)CC1. The minimum atomic E-state index is -0.00436. The number of hydrogen-bond donors (Lipinski definition) is 0. The summed E-state index contributed by atoms with van der Waals surface area (Å²) in [6, 6.07) is 17.1. The number of benzene rings is 2. The number of nitriles is 1. The van der Waals surface area contributed by atoms with Crippen molar-refractivity contribution < 1.29 is 9.53 Å². The molecule has 1 aliphatic rings. The molecule has 2 aromatic rings. The van der Waals surface area contributed by atoms with Crippen molar-refractivity contribution in [1.29, 1.82) is 5.26 Å². The van der Waals surface area contributed by atoms with E-state index >= 15 is 0 Å². The van der Waals surface area contributed by atoms with Gasteiger partial charge in [0.15, 0.2) is 0 Å². The van der Waals surface area contributed by atoms with Gasteiger partial charge in [-0.05, 0) is 38.1 Å². The summed E-state index contributed by atoms with van der Waals surface area (Å²) in [4.78, 5) is 16.9. The van der Waals surface area contributed by atoms with Gasteiger partial charge in [-0.3, -0.25) is 9.69 Å². The van der Waals surface area contributed by atoms with Crippen molar-refractivity contribution in [2.24, 2.45) is 0 Å². The van der Waals surface area contributed by atoms with E-state index in [0.29, 0.717) is 24.2 Å². The minimum absolute atomic E-state index is 0.00436.